The fourth-order valence-corrected chi connectivity index (χ4v) is 2.42. The van der Waals surface area contributed by atoms with Gasteiger partial charge in [-0.3, -0.25) is 0 Å². The number of benzene rings is 2. The molecule has 1 heterocycles. The zero-order valence-electron chi connectivity index (χ0n) is 12.6. The number of Topliss-reactive ketones (excluding diaryl/α,β-unsaturated/α-hetero) is 1. The van der Waals surface area contributed by atoms with Crippen molar-refractivity contribution in [3.05, 3.63) is 53.6 Å². The lowest BCUT2D eigenvalue weighted by molar-refractivity contribution is -0.117. The molecule has 1 aromatic heterocycles. The summed E-state index contributed by atoms with van der Waals surface area (Å²) in [7, 11) is 0. The molecule has 116 valence electrons. The van der Waals surface area contributed by atoms with Crippen LogP contribution in [0.2, 0.25) is 5.28 Å². The van der Waals surface area contributed by atoms with Crippen LogP contribution in [0.3, 0.4) is 0 Å². The van der Waals surface area contributed by atoms with Crippen LogP contribution >= 0.6 is 11.6 Å². The molecule has 0 unspecified atom stereocenters. The normalized spacial score (nSPS) is 10.7. The minimum Gasteiger partial charge on any atom is -0.324 e. The Morgan fingerprint density at radius 2 is 1.87 bits per heavy atom. The van der Waals surface area contributed by atoms with Gasteiger partial charge < -0.3 is 10.1 Å². The van der Waals surface area contributed by atoms with Gasteiger partial charge in [0.2, 0.25) is 11.2 Å². The van der Waals surface area contributed by atoms with Gasteiger partial charge in [0.05, 0.1) is 0 Å². The summed E-state index contributed by atoms with van der Waals surface area (Å²) in [6.07, 6.45) is 0.833. The van der Waals surface area contributed by atoms with Gasteiger partial charge in [0.1, 0.15) is 11.6 Å². The van der Waals surface area contributed by atoms with Crippen LogP contribution in [0.25, 0.3) is 10.8 Å². The van der Waals surface area contributed by atoms with Gasteiger partial charge in [0, 0.05) is 18.5 Å². The highest BCUT2D eigenvalue weighted by molar-refractivity contribution is 6.28. The lowest BCUT2D eigenvalue weighted by Crippen LogP contribution is -2.05. The molecule has 1 N–H and O–H groups in total. The fourth-order valence-electron chi connectivity index (χ4n) is 2.24. The number of halogens is 1. The molecule has 0 saturated heterocycles. The molecule has 0 fully saturated rings. The summed E-state index contributed by atoms with van der Waals surface area (Å²) in [6, 6.07) is 14.1. The van der Waals surface area contributed by atoms with E-state index in [1.807, 2.05) is 36.4 Å². The topological polar surface area (TPSA) is 67.8 Å². The number of fused-ring (bicyclic) bond motifs is 1. The van der Waals surface area contributed by atoms with Gasteiger partial charge in [0.15, 0.2) is 0 Å². The summed E-state index contributed by atoms with van der Waals surface area (Å²) in [5.41, 5.74) is 0.864. The molecule has 5 nitrogen and oxygen atoms in total. The highest BCUT2D eigenvalue weighted by Crippen LogP contribution is 2.21. The standard InChI is InChI=1S/C17H15ClN4O/c1-11(23)6-9-15-20-16(18)22-17(21-15)19-14-8-7-12-4-2-3-5-13(12)10-14/h2-5,7-8,10H,6,9H2,1H3,(H,19,20,21,22). The number of aromatic nitrogens is 3. The first-order valence-corrected chi connectivity index (χ1v) is 7.64. The van der Waals surface area contributed by atoms with Gasteiger partial charge in [-0.25, -0.2) is 4.98 Å². The molecular weight excluding hydrogens is 312 g/mol. The SMILES string of the molecule is CC(=O)CCc1nc(Cl)nc(Nc2ccc3ccccc3c2)n1. The van der Waals surface area contributed by atoms with Crippen molar-refractivity contribution < 1.29 is 4.79 Å². The predicted molar refractivity (Wildman–Crippen MR) is 91.1 cm³/mol. The molecule has 0 spiro atoms. The van der Waals surface area contributed by atoms with Crippen LogP contribution in [-0.4, -0.2) is 20.7 Å². The van der Waals surface area contributed by atoms with E-state index in [-0.39, 0.29) is 11.1 Å². The van der Waals surface area contributed by atoms with Crippen molar-refractivity contribution in [2.45, 2.75) is 19.8 Å². The van der Waals surface area contributed by atoms with Crippen molar-refractivity contribution in [2.75, 3.05) is 5.32 Å². The van der Waals surface area contributed by atoms with E-state index in [0.29, 0.717) is 24.6 Å². The third-order valence-electron chi connectivity index (χ3n) is 3.36. The van der Waals surface area contributed by atoms with Crippen LogP contribution in [0.15, 0.2) is 42.5 Å². The van der Waals surface area contributed by atoms with Gasteiger partial charge >= 0.3 is 0 Å². The van der Waals surface area contributed by atoms with E-state index >= 15 is 0 Å². The highest BCUT2D eigenvalue weighted by Gasteiger charge is 2.07. The number of rotatable bonds is 5. The van der Waals surface area contributed by atoms with Crippen molar-refractivity contribution in [1.82, 2.24) is 15.0 Å². The third-order valence-corrected chi connectivity index (χ3v) is 3.53. The number of anilines is 2. The second kappa shape index (κ2) is 6.71. The molecule has 0 aliphatic heterocycles. The first-order valence-electron chi connectivity index (χ1n) is 7.26. The van der Waals surface area contributed by atoms with Crippen molar-refractivity contribution in [2.24, 2.45) is 0 Å². The molecule has 3 rings (SSSR count). The van der Waals surface area contributed by atoms with E-state index in [9.17, 15) is 4.79 Å². The minimum absolute atomic E-state index is 0.0885. The van der Waals surface area contributed by atoms with Gasteiger partial charge in [-0.1, -0.05) is 30.3 Å². The quantitative estimate of drug-likeness (QED) is 0.769. The summed E-state index contributed by atoms with van der Waals surface area (Å²) in [4.78, 5) is 23.5. The molecule has 2 aromatic carbocycles. The van der Waals surface area contributed by atoms with Crippen LogP contribution in [0.4, 0.5) is 11.6 Å². The maximum atomic E-state index is 11.1. The van der Waals surface area contributed by atoms with Crippen LogP contribution in [0.1, 0.15) is 19.2 Å². The van der Waals surface area contributed by atoms with Crippen LogP contribution in [0, 0.1) is 0 Å². The Morgan fingerprint density at radius 1 is 1.09 bits per heavy atom. The zero-order chi connectivity index (χ0) is 16.2. The highest BCUT2D eigenvalue weighted by atomic mass is 35.5. The Morgan fingerprint density at radius 3 is 2.65 bits per heavy atom. The molecule has 23 heavy (non-hydrogen) atoms. The number of hydrogen-bond donors (Lipinski definition) is 1. The van der Waals surface area contributed by atoms with E-state index in [1.165, 1.54) is 6.92 Å². The van der Waals surface area contributed by atoms with E-state index < -0.39 is 0 Å². The molecular formula is C17H15ClN4O. The molecule has 0 atom stereocenters. The smallest absolute Gasteiger partial charge is 0.231 e. The third kappa shape index (κ3) is 4.02. The Labute approximate surface area is 138 Å². The van der Waals surface area contributed by atoms with Crippen LogP contribution < -0.4 is 5.32 Å². The molecule has 3 aromatic rings. The van der Waals surface area contributed by atoms with Crippen molar-refractivity contribution in [3.8, 4) is 0 Å². The predicted octanol–water partition coefficient (Wildman–Crippen LogP) is 3.94. The number of nitrogens with one attached hydrogen (secondary N) is 1. The first kappa shape index (κ1) is 15.4. The monoisotopic (exact) mass is 326 g/mol. The van der Waals surface area contributed by atoms with Gasteiger partial charge in [-0.2, -0.15) is 9.97 Å². The van der Waals surface area contributed by atoms with Gasteiger partial charge in [-0.05, 0) is 41.4 Å². The maximum absolute atomic E-state index is 11.1. The molecule has 0 aliphatic rings. The average molecular weight is 327 g/mol. The first-order chi connectivity index (χ1) is 11.1. The maximum Gasteiger partial charge on any atom is 0.231 e. The zero-order valence-corrected chi connectivity index (χ0v) is 13.3. The number of carbonyl (C=O) groups excluding carboxylic acids is 1. The van der Waals surface area contributed by atoms with Crippen molar-refractivity contribution in [1.29, 1.82) is 0 Å². The number of carbonyl (C=O) groups is 1. The Kier molecular flexibility index (Phi) is 4.48. The molecule has 0 bridgehead atoms. The molecule has 6 heteroatoms. The lowest BCUT2D eigenvalue weighted by atomic mass is 10.1. The summed E-state index contributed by atoms with van der Waals surface area (Å²) < 4.78 is 0. The molecule has 0 amide bonds. The number of aryl methyl sites for hydroxylation is 1. The van der Waals surface area contributed by atoms with E-state index in [2.05, 4.69) is 26.3 Å². The average Bonchev–Trinajstić information content (AvgIpc) is 2.52. The van der Waals surface area contributed by atoms with Crippen LogP contribution in [-0.2, 0) is 11.2 Å². The molecule has 0 saturated carbocycles. The van der Waals surface area contributed by atoms with E-state index in [1.54, 1.807) is 0 Å². The summed E-state index contributed by atoms with van der Waals surface area (Å²) in [6.45, 7) is 1.54. The van der Waals surface area contributed by atoms with Gasteiger partial charge in [-0.15, -0.1) is 0 Å². The minimum atomic E-state index is 0.0885. The van der Waals surface area contributed by atoms with Crippen molar-refractivity contribution >= 4 is 39.8 Å². The van der Waals surface area contributed by atoms with Gasteiger partial charge in [0.25, 0.3) is 0 Å². The van der Waals surface area contributed by atoms with Crippen molar-refractivity contribution in [3.63, 3.8) is 0 Å². The number of hydrogen-bond acceptors (Lipinski definition) is 5. The fraction of sp³-hybridized carbons (Fsp3) is 0.176. The Bertz CT molecular complexity index is 866. The summed E-state index contributed by atoms with van der Waals surface area (Å²) in [5, 5.41) is 5.53. The second-order valence-electron chi connectivity index (χ2n) is 5.23. The lowest BCUT2D eigenvalue weighted by Gasteiger charge is -2.08. The van der Waals surface area contributed by atoms with Crippen LogP contribution in [0.5, 0.6) is 0 Å². The summed E-state index contributed by atoms with van der Waals surface area (Å²) in [5.74, 6) is 0.966. The summed E-state index contributed by atoms with van der Waals surface area (Å²) >= 11 is 5.94. The largest absolute Gasteiger partial charge is 0.324 e. The number of nitrogens with zero attached hydrogens (tertiary/aromatic N) is 3. The second-order valence-corrected chi connectivity index (χ2v) is 5.57. The van der Waals surface area contributed by atoms with E-state index in [4.69, 9.17) is 11.6 Å². The molecule has 0 aliphatic carbocycles. The molecule has 0 radical (unpaired) electrons. The van der Waals surface area contributed by atoms with E-state index in [0.717, 1.165) is 16.5 Å². The Hall–Kier alpha value is -2.53. The Balaban J connectivity index is 1.84. The number of ketones is 1.